The number of hydrogen-bond acceptors (Lipinski definition) is 0. The molecule has 0 spiro atoms. The van der Waals surface area contributed by atoms with E-state index in [2.05, 4.69) is 62.4 Å². The Morgan fingerprint density at radius 3 is 1.81 bits per heavy atom. The predicted molar refractivity (Wildman–Crippen MR) is 63.6 cm³/mol. The van der Waals surface area contributed by atoms with Crippen molar-refractivity contribution in [1.82, 2.24) is 9.13 Å². The summed E-state index contributed by atoms with van der Waals surface area (Å²) in [6.07, 6.45) is 3.82. The quantitative estimate of drug-likeness (QED) is 0.738. The Morgan fingerprint density at radius 1 is 1.00 bits per heavy atom. The van der Waals surface area contributed by atoms with E-state index in [1.807, 2.05) is 12.2 Å². The van der Waals surface area contributed by atoms with Gasteiger partial charge in [-0.3, -0.25) is 0 Å². The van der Waals surface area contributed by atoms with Crippen LogP contribution in [0.25, 0.3) is 11.0 Å². The molecule has 2 nitrogen and oxygen atoms in total. The molecule has 0 unspecified atom stereocenters. The molecule has 0 fully saturated rings. The van der Waals surface area contributed by atoms with Crippen molar-refractivity contribution < 1.29 is 15.9 Å². The number of fused-ring (bicyclic) bond motifs is 1. The van der Waals surface area contributed by atoms with Crippen LogP contribution in [0, 0.1) is 4.29 Å². The number of imidazole rings is 1. The van der Waals surface area contributed by atoms with Crippen LogP contribution in [-0.2, 0) is 28.9 Å². The molecule has 0 aliphatic heterocycles. The van der Waals surface area contributed by atoms with Crippen LogP contribution in [0.1, 0.15) is 0 Å². The van der Waals surface area contributed by atoms with Crippen molar-refractivity contribution in [3.05, 3.63) is 53.9 Å². The Bertz CT molecular complexity index is 539. The van der Waals surface area contributed by atoms with Gasteiger partial charge in [-0.2, -0.15) is 0 Å². The minimum absolute atomic E-state index is 0.812. The SMILES string of the molecule is C=CCn1[c](=[Cr])n(CC=C)c2ccccc21. The van der Waals surface area contributed by atoms with Crippen LogP contribution in [0.2, 0.25) is 0 Å². The number of hydrogen-bond donors (Lipinski definition) is 0. The molecule has 16 heavy (non-hydrogen) atoms. The van der Waals surface area contributed by atoms with E-state index in [0.29, 0.717) is 0 Å². The molecule has 0 aliphatic carbocycles. The second-order valence-corrected chi connectivity index (χ2v) is 4.14. The maximum atomic E-state index is 3.79. The number of rotatable bonds is 4. The third-order valence-corrected chi connectivity index (χ3v) is 3.24. The fourth-order valence-corrected chi connectivity index (χ4v) is 2.42. The Kier molecular flexibility index (Phi) is 3.28. The zero-order valence-corrected chi connectivity index (χ0v) is 10.4. The van der Waals surface area contributed by atoms with E-state index >= 15 is 0 Å². The average molecular weight is 250 g/mol. The molecule has 0 saturated carbocycles. The predicted octanol–water partition coefficient (Wildman–Crippen LogP) is 2.89. The van der Waals surface area contributed by atoms with Crippen LogP contribution in [0.4, 0.5) is 0 Å². The van der Waals surface area contributed by atoms with Crippen molar-refractivity contribution in [3.8, 4) is 0 Å². The molecule has 1 aromatic heterocycles. The third kappa shape index (κ3) is 1.73. The first-order valence-corrected chi connectivity index (χ1v) is 5.83. The van der Waals surface area contributed by atoms with Crippen molar-refractivity contribution in [2.24, 2.45) is 0 Å². The molecule has 1 heterocycles. The summed E-state index contributed by atoms with van der Waals surface area (Å²) in [5, 5.41) is 0. The van der Waals surface area contributed by atoms with Crippen molar-refractivity contribution in [2.45, 2.75) is 13.1 Å². The Morgan fingerprint density at radius 2 is 1.44 bits per heavy atom. The van der Waals surface area contributed by atoms with E-state index in [-0.39, 0.29) is 0 Å². The molecule has 0 N–H and O–H groups in total. The summed E-state index contributed by atoms with van der Waals surface area (Å²) in [6, 6.07) is 8.36. The molecule has 0 saturated heterocycles. The van der Waals surface area contributed by atoms with Crippen LogP contribution in [0.5, 0.6) is 0 Å². The first-order valence-electron chi connectivity index (χ1n) is 5.19. The Balaban J connectivity index is 2.79. The van der Waals surface area contributed by atoms with Crippen molar-refractivity contribution >= 4 is 11.0 Å². The fraction of sp³-hybridized carbons (Fsp3) is 0.154. The Labute approximate surface area is 103 Å². The van der Waals surface area contributed by atoms with Crippen LogP contribution in [-0.4, -0.2) is 9.13 Å². The summed E-state index contributed by atoms with van der Waals surface area (Å²) in [6.45, 7) is 9.21. The summed E-state index contributed by atoms with van der Waals surface area (Å²) < 4.78 is 5.54. The van der Waals surface area contributed by atoms with Gasteiger partial charge in [0.2, 0.25) is 0 Å². The van der Waals surface area contributed by atoms with E-state index in [1.54, 1.807) is 0 Å². The van der Waals surface area contributed by atoms with Crippen LogP contribution >= 0.6 is 0 Å². The summed E-state index contributed by atoms with van der Waals surface area (Å²) in [5.41, 5.74) is 2.44. The first-order chi connectivity index (χ1) is 7.79. The molecule has 0 radical (unpaired) electrons. The molecule has 2 aromatic rings. The number of aromatic nitrogens is 2. The van der Waals surface area contributed by atoms with Gasteiger partial charge in [-0.1, -0.05) is 0 Å². The van der Waals surface area contributed by atoms with Crippen LogP contribution in [0.15, 0.2) is 49.6 Å². The van der Waals surface area contributed by atoms with Crippen LogP contribution < -0.4 is 0 Å². The van der Waals surface area contributed by atoms with Crippen molar-refractivity contribution in [1.29, 1.82) is 0 Å². The van der Waals surface area contributed by atoms with Gasteiger partial charge in [0, 0.05) is 0 Å². The topological polar surface area (TPSA) is 9.86 Å². The third-order valence-electron chi connectivity index (χ3n) is 2.55. The zero-order chi connectivity index (χ0) is 11.5. The molecule has 2 rings (SSSR count). The first kappa shape index (κ1) is 11.2. The van der Waals surface area contributed by atoms with Gasteiger partial charge < -0.3 is 0 Å². The molecule has 1 aromatic carbocycles. The number of benzene rings is 1. The molecular formula is C13H14CrN2. The van der Waals surface area contributed by atoms with E-state index in [0.717, 1.165) is 17.4 Å². The molecule has 0 aliphatic rings. The van der Waals surface area contributed by atoms with Gasteiger partial charge in [-0.25, -0.2) is 0 Å². The maximum absolute atomic E-state index is 3.79. The monoisotopic (exact) mass is 250 g/mol. The summed E-state index contributed by atoms with van der Waals surface area (Å²) in [4.78, 5) is 0. The molecule has 3 heteroatoms. The molecule has 0 bridgehead atoms. The normalized spacial score (nSPS) is 10.5. The minimum atomic E-state index is 0.812. The zero-order valence-electron chi connectivity index (χ0n) is 9.10. The van der Waals surface area contributed by atoms with Gasteiger partial charge >= 0.3 is 103 Å². The van der Waals surface area contributed by atoms with Gasteiger partial charge in [-0.15, -0.1) is 0 Å². The molecule has 0 amide bonds. The average Bonchev–Trinajstić information content (AvgIpc) is 2.56. The summed E-state index contributed by atoms with van der Waals surface area (Å²) >= 11 is 3.13. The van der Waals surface area contributed by atoms with E-state index in [4.69, 9.17) is 0 Å². The molecular weight excluding hydrogens is 236 g/mol. The number of nitrogens with zero attached hydrogens (tertiary/aromatic N) is 2. The molecule has 82 valence electrons. The van der Waals surface area contributed by atoms with Crippen LogP contribution in [0.3, 0.4) is 0 Å². The van der Waals surface area contributed by atoms with Crippen molar-refractivity contribution in [3.63, 3.8) is 0 Å². The van der Waals surface area contributed by atoms with E-state index < -0.39 is 0 Å². The molecule has 0 atom stereocenters. The van der Waals surface area contributed by atoms with E-state index in [9.17, 15) is 0 Å². The van der Waals surface area contributed by atoms with Gasteiger partial charge in [0.1, 0.15) is 0 Å². The van der Waals surface area contributed by atoms with Gasteiger partial charge in [0.15, 0.2) is 0 Å². The van der Waals surface area contributed by atoms with Crippen molar-refractivity contribution in [2.75, 3.05) is 0 Å². The Hall–Kier alpha value is -1.30. The van der Waals surface area contributed by atoms with Gasteiger partial charge in [0.05, 0.1) is 0 Å². The van der Waals surface area contributed by atoms with E-state index in [1.165, 1.54) is 11.0 Å². The fourth-order valence-electron chi connectivity index (χ4n) is 1.88. The van der Waals surface area contributed by atoms with Gasteiger partial charge in [0.25, 0.3) is 0 Å². The number of para-hydroxylation sites is 2. The second-order valence-electron chi connectivity index (χ2n) is 3.57. The summed E-state index contributed by atoms with van der Waals surface area (Å²) in [7, 11) is 0. The van der Waals surface area contributed by atoms with Gasteiger partial charge in [-0.05, 0) is 0 Å². The summed E-state index contributed by atoms with van der Waals surface area (Å²) in [5.74, 6) is 0. The number of allylic oxidation sites excluding steroid dienone is 2. The second kappa shape index (κ2) is 4.69. The standard InChI is InChI=1S/C13H14N2.Cr/c1-3-9-14-11-15(10-4-2)13-8-6-5-7-12(13)14;/h3-8H,1-2,9-10H2;.